The molecule has 2 aliphatic rings. The Morgan fingerprint density at radius 3 is 1.71 bits per heavy atom. The second-order valence-electron chi connectivity index (χ2n) is 2.61. The molecule has 0 atom stereocenters. The summed E-state index contributed by atoms with van der Waals surface area (Å²) in [6.45, 7) is 2.40. The van der Waals surface area contributed by atoms with Crippen molar-refractivity contribution in [3.05, 3.63) is 23.6 Å². The molecule has 36 valence electrons. The summed E-state index contributed by atoms with van der Waals surface area (Å²) in [5.41, 5.74) is 5.74. The molecule has 2 aliphatic heterocycles. The highest BCUT2D eigenvalue weighted by atomic mass is 28.3. The van der Waals surface area contributed by atoms with Crippen molar-refractivity contribution in [2.75, 3.05) is 0 Å². The zero-order valence-electron chi connectivity index (χ0n) is 4.39. The van der Waals surface area contributed by atoms with E-state index in [1.165, 1.54) is 0 Å². The molecule has 7 heavy (non-hydrogen) atoms. The Morgan fingerprint density at radius 1 is 1.29 bits per heavy atom. The number of hydrogen-bond donors (Lipinski definition) is 0. The van der Waals surface area contributed by atoms with Crippen LogP contribution in [0.3, 0.4) is 0 Å². The molecule has 0 unspecified atom stereocenters. The molecular formula is C6H8Si. The molecule has 0 nitrogen and oxygen atoms in total. The van der Waals surface area contributed by atoms with Gasteiger partial charge in [0.2, 0.25) is 0 Å². The minimum Gasteiger partial charge on any atom is -0.0936 e. The van der Waals surface area contributed by atoms with Crippen LogP contribution in [0.4, 0.5) is 0 Å². The van der Waals surface area contributed by atoms with Gasteiger partial charge in [-0.3, -0.25) is 0 Å². The smallest absolute Gasteiger partial charge is 0.0936 e. The van der Waals surface area contributed by atoms with Crippen molar-refractivity contribution in [2.45, 2.75) is 12.1 Å². The van der Waals surface area contributed by atoms with E-state index in [-0.39, 0.29) is 0 Å². The Hall–Kier alpha value is -0.303. The van der Waals surface area contributed by atoms with Crippen LogP contribution in [0.25, 0.3) is 0 Å². The van der Waals surface area contributed by atoms with E-state index in [1.807, 2.05) is 0 Å². The Bertz CT molecular complexity index is 142. The lowest BCUT2D eigenvalue weighted by atomic mass is 10.4. The molecule has 0 saturated heterocycles. The minimum absolute atomic E-state index is 0.735. The summed E-state index contributed by atoms with van der Waals surface area (Å²) in [6, 6.07) is 0. The van der Waals surface area contributed by atoms with Crippen LogP contribution in [0.15, 0.2) is 23.6 Å². The van der Waals surface area contributed by atoms with Gasteiger partial charge in [-0.2, -0.15) is 0 Å². The fourth-order valence-electron chi connectivity index (χ4n) is 1.14. The molecule has 0 N–H and O–H groups in total. The first-order valence-electron chi connectivity index (χ1n) is 2.70. The highest BCUT2D eigenvalue weighted by molar-refractivity contribution is 6.95. The predicted molar refractivity (Wildman–Crippen MR) is 33.6 cm³/mol. The highest BCUT2D eigenvalue weighted by Gasteiger charge is 2.40. The predicted octanol–water partition coefficient (Wildman–Crippen LogP) is 1.65. The fourth-order valence-corrected chi connectivity index (χ4v) is 3.30. The van der Waals surface area contributed by atoms with Gasteiger partial charge in [-0.25, -0.2) is 0 Å². The van der Waals surface area contributed by atoms with E-state index < -0.39 is 8.07 Å². The third-order valence-electron chi connectivity index (χ3n) is 2.04. The third-order valence-corrected chi connectivity index (χ3v) is 5.69. The van der Waals surface area contributed by atoms with E-state index in [0.717, 1.165) is 5.54 Å². The lowest BCUT2D eigenvalue weighted by molar-refractivity contribution is 1.19. The molecule has 0 aromatic rings. The van der Waals surface area contributed by atoms with Gasteiger partial charge in [0, 0.05) is 0 Å². The van der Waals surface area contributed by atoms with Crippen LogP contribution < -0.4 is 0 Å². The zero-order valence-corrected chi connectivity index (χ0v) is 5.39. The molecule has 2 rings (SSSR count). The van der Waals surface area contributed by atoms with E-state index in [9.17, 15) is 0 Å². The molecule has 0 radical (unpaired) electrons. The Balaban J connectivity index is 2.44. The second-order valence-corrected chi connectivity index (χ2v) is 6.68. The Kier molecular flexibility index (Phi) is 0.409. The molecule has 0 saturated carbocycles. The maximum Gasteiger partial charge on any atom is 0.109 e. The van der Waals surface area contributed by atoms with E-state index in [4.69, 9.17) is 0 Å². The van der Waals surface area contributed by atoms with Crippen LogP contribution in [0, 0.1) is 0 Å². The van der Waals surface area contributed by atoms with E-state index in [2.05, 4.69) is 30.1 Å². The first-order valence-corrected chi connectivity index (χ1v) is 5.43. The van der Waals surface area contributed by atoms with Gasteiger partial charge in [-0.15, -0.1) is 0 Å². The number of rotatable bonds is 0. The Labute approximate surface area is 44.6 Å². The van der Waals surface area contributed by atoms with Gasteiger partial charge in [0.15, 0.2) is 0 Å². The lowest BCUT2D eigenvalue weighted by Gasteiger charge is -2.41. The number of allylic oxidation sites excluding steroid dienone is 2. The van der Waals surface area contributed by atoms with Crippen molar-refractivity contribution < 1.29 is 0 Å². The van der Waals surface area contributed by atoms with Gasteiger partial charge >= 0.3 is 0 Å². The normalized spacial score (nSPS) is 52.4. The SMILES string of the molecule is C[Si]12C=CC1C=C2. The molecule has 0 bridgehead atoms. The van der Waals surface area contributed by atoms with Gasteiger partial charge in [0.25, 0.3) is 0 Å². The van der Waals surface area contributed by atoms with E-state index in [0.29, 0.717) is 0 Å². The van der Waals surface area contributed by atoms with Gasteiger partial charge in [-0.1, -0.05) is 30.1 Å². The Morgan fingerprint density at radius 2 is 1.71 bits per heavy atom. The summed E-state index contributed by atoms with van der Waals surface area (Å²) in [7, 11) is -0.735. The van der Waals surface area contributed by atoms with Crippen molar-refractivity contribution in [1.29, 1.82) is 0 Å². The largest absolute Gasteiger partial charge is 0.109 e. The van der Waals surface area contributed by atoms with Crippen LogP contribution in [-0.4, -0.2) is 8.07 Å². The van der Waals surface area contributed by atoms with Gasteiger partial charge in [0.05, 0.1) is 0 Å². The zero-order chi connectivity index (χ0) is 4.91. The molecule has 1 heteroatoms. The maximum absolute atomic E-state index is 2.40. The first-order chi connectivity index (χ1) is 3.31. The summed E-state index contributed by atoms with van der Waals surface area (Å²) in [5, 5.41) is 0. The summed E-state index contributed by atoms with van der Waals surface area (Å²) in [6.07, 6.45) is 4.62. The molecule has 0 spiro atoms. The van der Waals surface area contributed by atoms with Crippen LogP contribution in [0.5, 0.6) is 0 Å². The van der Waals surface area contributed by atoms with Crippen LogP contribution in [0.1, 0.15) is 0 Å². The van der Waals surface area contributed by atoms with Crippen molar-refractivity contribution in [1.82, 2.24) is 0 Å². The molecule has 0 amide bonds. The summed E-state index contributed by atoms with van der Waals surface area (Å²) in [4.78, 5) is 0. The minimum atomic E-state index is -0.735. The van der Waals surface area contributed by atoms with Crippen molar-refractivity contribution in [3.8, 4) is 0 Å². The maximum atomic E-state index is 2.40. The topological polar surface area (TPSA) is 0 Å². The van der Waals surface area contributed by atoms with Crippen molar-refractivity contribution in [2.24, 2.45) is 0 Å². The van der Waals surface area contributed by atoms with Crippen molar-refractivity contribution in [3.63, 3.8) is 0 Å². The van der Waals surface area contributed by atoms with Crippen LogP contribution in [-0.2, 0) is 0 Å². The third kappa shape index (κ3) is 0.249. The lowest BCUT2D eigenvalue weighted by Crippen LogP contribution is -2.43. The quantitative estimate of drug-likeness (QED) is 0.414. The van der Waals surface area contributed by atoms with Crippen LogP contribution in [0.2, 0.25) is 12.1 Å². The highest BCUT2D eigenvalue weighted by Crippen LogP contribution is 2.43. The fraction of sp³-hybridized carbons (Fsp3) is 0.333. The number of hydrogen-bond acceptors (Lipinski definition) is 0. The molecule has 0 fully saturated rings. The molecular weight excluding hydrogens is 100 g/mol. The summed E-state index contributed by atoms with van der Waals surface area (Å²) in [5.74, 6) is 0. The summed E-state index contributed by atoms with van der Waals surface area (Å²) < 4.78 is 0. The molecule has 0 aliphatic carbocycles. The van der Waals surface area contributed by atoms with Crippen molar-refractivity contribution >= 4 is 8.07 Å². The van der Waals surface area contributed by atoms with E-state index in [1.54, 1.807) is 0 Å². The molecule has 0 aromatic heterocycles. The monoisotopic (exact) mass is 108 g/mol. The van der Waals surface area contributed by atoms with Crippen LogP contribution >= 0.6 is 0 Å². The van der Waals surface area contributed by atoms with E-state index >= 15 is 0 Å². The second kappa shape index (κ2) is 0.780. The summed E-state index contributed by atoms with van der Waals surface area (Å²) >= 11 is 0. The standard InChI is InChI=1S/C6H8Si/c1-7-4-2-6(7)3-5-7/h2-6H,1H3. The van der Waals surface area contributed by atoms with Gasteiger partial charge < -0.3 is 0 Å². The first kappa shape index (κ1) is 3.67. The molecule has 0 aromatic carbocycles. The number of fused-ring (bicyclic) bond motifs is 1. The van der Waals surface area contributed by atoms with Gasteiger partial charge in [-0.05, 0) is 5.54 Å². The van der Waals surface area contributed by atoms with Gasteiger partial charge in [0.1, 0.15) is 8.07 Å². The average molecular weight is 108 g/mol. The molecule has 2 heterocycles. The average Bonchev–Trinajstić information content (AvgIpc) is 1.67.